The Bertz CT molecular complexity index is 201. The number of hydrogen-bond donors (Lipinski definition) is 1. The van der Waals surface area contributed by atoms with Crippen LogP contribution in [0.2, 0.25) is 0 Å². The third-order valence-corrected chi connectivity index (χ3v) is 2.64. The average Bonchev–Trinajstić information content (AvgIpc) is 2.81. The highest BCUT2D eigenvalue weighted by molar-refractivity contribution is 4.87. The number of hydrogen-bond acceptors (Lipinski definition) is 2. The number of nitrogens with zero attached hydrogens (tertiary/aromatic N) is 1. The molecule has 0 heterocycles. The third kappa shape index (κ3) is 4.84. The number of aliphatic hydroxyl groups excluding tert-OH is 1. The van der Waals surface area contributed by atoms with E-state index in [1.165, 1.54) is 4.90 Å². The van der Waals surface area contributed by atoms with Gasteiger partial charge in [-0.1, -0.05) is 13.8 Å². The first kappa shape index (κ1) is 12.8. The standard InChI is InChI=1S/C10H18F3NO/c1-7(2)9(15)5-14(8-3-4-8)6-10(11,12)13/h7-9,15H,3-6H2,1-2H3. The van der Waals surface area contributed by atoms with Crippen molar-refractivity contribution in [2.24, 2.45) is 5.92 Å². The zero-order valence-corrected chi connectivity index (χ0v) is 9.09. The molecule has 0 aromatic carbocycles. The molecule has 0 amide bonds. The van der Waals surface area contributed by atoms with Crippen LogP contribution in [0.15, 0.2) is 0 Å². The molecule has 1 rings (SSSR count). The lowest BCUT2D eigenvalue weighted by Gasteiger charge is -2.27. The summed E-state index contributed by atoms with van der Waals surface area (Å²) in [6.45, 7) is 2.84. The molecule has 2 nitrogen and oxygen atoms in total. The Balaban J connectivity index is 2.44. The minimum atomic E-state index is -4.17. The van der Waals surface area contributed by atoms with Gasteiger partial charge in [0, 0.05) is 12.6 Å². The molecule has 1 atom stereocenters. The van der Waals surface area contributed by atoms with Crippen LogP contribution in [0.5, 0.6) is 0 Å². The molecule has 1 saturated carbocycles. The monoisotopic (exact) mass is 225 g/mol. The van der Waals surface area contributed by atoms with Crippen LogP contribution >= 0.6 is 0 Å². The van der Waals surface area contributed by atoms with E-state index in [9.17, 15) is 18.3 Å². The van der Waals surface area contributed by atoms with E-state index >= 15 is 0 Å². The van der Waals surface area contributed by atoms with Crippen LogP contribution < -0.4 is 0 Å². The van der Waals surface area contributed by atoms with Gasteiger partial charge in [-0.15, -0.1) is 0 Å². The van der Waals surface area contributed by atoms with Crippen molar-refractivity contribution in [3.8, 4) is 0 Å². The van der Waals surface area contributed by atoms with Gasteiger partial charge in [0.2, 0.25) is 0 Å². The van der Waals surface area contributed by atoms with Crippen molar-refractivity contribution in [1.29, 1.82) is 0 Å². The first-order valence-corrected chi connectivity index (χ1v) is 5.28. The first-order valence-electron chi connectivity index (χ1n) is 5.28. The summed E-state index contributed by atoms with van der Waals surface area (Å²) in [4.78, 5) is 1.35. The summed E-state index contributed by atoms with van der Waals surface area (Å²) in [6.07, 6.45) is -3.20. The Labute approximate surface area is 88.1 Å². The van der Waals surface area contributed by atoms with Crippen molar-refractivity contribution in [3.05, 3.63) is 0 Å². The van der Waals surface area contributed by atoms with Crippen molar-refractivity contribution >= 4 is 0 Å². The lowest BCUT2D eigenvalue weighted by Crippen LogP contribution is -2.42. The summed E-state index contributed by atoms with van der Waals surface area (Å²) in [7, 11) is 0. The largest absolute Gasteiger partial charge is 0.401 e. The van der Waals surface area contributed by atoms with Gasteiger partial charge in [0.1, 0.15) is 0 Å². The van der Waals surface area contributed by atoms with Crippen LogP contribution in [-0.4, -0.2) is 41.4 Å². The van der Waals surface area contributed by atoms with Crippen LogP contribution in [0.4, 0.5) is 13.2 Å². The molecule has 0 aliphatic heterocycles. The van der Waals surface area contributed by atoms with Gasteiger partial charge >= 0.3 is 6.18 Å². The normalized spacial score (nSPS) is 20.0. The summed E-state index contributed by atoms with van der Waals surface area (Å²) in [5.41, 5.74) is 0. The van der Waals surface area contributed by atoms with Gasteiger partial charge in [0.05, 0.1) is 12.6 Å². The predicted octanol–water partition coefficient (Wildman–Crippen LogP) is 2.03. The number of rotatable bonds is 5. The van der Waals surface area contributed by atoms with Crippen molar-refractivity contribution in [3.63, 3.8) is 0 Å². The molecule has 1 fully saturated rings. The number of alkyl halides is 3. The van der Waals surface area contributed by atoms with E-state index in [0.29, 0.717) is 0 Å². The van der Waals surface area contributed by atoms with Gasteiger partial charge in [-0.3, -0.25) is 4.90 Å². The molecule has 0 radical (unpaired) electrons. The Kier molecular flexibility index (Phi) is 4.00. The average molecular weight is 225 g/mol. The fourth-order valence-corrected chi connectivity index (χ4v) is 1.46. The molecule has 90 valence electrons. The van der Waals surface area contributed by atoms with E-state index < -0.39 is 18.8 Å². The van der Waals surface area contributed by atoms with Gasteiger partial charge in [-0.05, 0) is 18.8 Å². The van der Waals surface area contributed by atoms with Crippen molar-refractivity contribution in [2.45, 2.75) is 45.0 Å². The fraction of sp³-hybridized carbons (Fsp3) is 1.00. The SMILES string of the molecule is CC(C)C(O)CN(CC(F)(F)F)C1CC1. The van der Waals surface area contributed by atoms with Crippen molar-refractivity contribution < 1.29 is 18.3 Å². The maximum Gasteiger partial charge on any atom is 0.401 e. The molecule has 0 bridgehead atoms. The van der Waals surface area contributed by atoms with Gasteiger partial charge in [0.15, 0.2) is 0 Å². The van der Waals surface area contributed by atoms with Gasteiger partial charge < -0.3 is 5.11 Å². The molecule has 1 unspecified atom stereocenters. The van der Waals surface area contributed by atoms with Crippen LogP contribution in [0.25, 0.3) is 0 Å². The molecule has 0 aromatic heterocycles. The number of aliphatic hydroxyl groups is 1. The summed E-state index contributed by atoms with van der Waals surface area (Å²) in [5.74, 6) is -0.000478. The number of halogens is 3. The lowest BCUT2D eigenvalue weighted by molar-refractivity contribution is -0.150. The van der Waals surface area contributed by atoms with Gasteiger partial charge in [-0.25, -0.2) is 0 Å². The highest BCUT2D eigenvalue weighted by atomic mass is 19.4. The molecular weight excluding hydrogens is 207 g/mol. The van der Waals surface area contributed by atoms with Crippen LogP contribution in [0.3, 0.4) is 0 Å². The van der Waals surface area contributed by atoms with E-state index in [4.69, 9.17) is 0 Å². The fourth-order valence-electron chi connectivity index (χ4n) is 1.46. The molecule has 5 heteroatoms. The zero-order valence-electron chi connectivity index (χ0n) is 9.09. The van der Waals surface area contributed by atoms with Crippen LogP contribution in [0, 0.1) is 5.92 Å². The molecule has 0 saturated heterocycles. The highest BCUT2D eigenvalue weighted by Crippen LogP contribution is 2.30. The second kappa shape index (κ2) is 4.70. The minimum absolute atomic E-state index is 0.000478. The molecule has 0 aromatic rings. The third-order valence-electron chi connectivity index (χ3n) is 2.64. The van der Waals surface area contributed by atoms with Crippen molar-refractivity contribution in [1.82, 2.24) is 4.90 Å². The predicted molar refractivity (Wildman–Crippen MR) is 51.5 cm³/mol. The second-order valence-corrected chi connectivity index (χ2v) is 4.59. The first-order chi connectivity index (χ1) is 6.79. The van der Waals surface area contributed by atoms with E-state index in [2.05, 4.69) is 0 Å². The Morgan fingerprint density at radius 2 is 1.87 bits per heavy atom. The Morgan fingerprint density at radius 1 is 1.33 bits per heavy atom. The van der Waals surface area contributed by atoms with Gasteiger partial charge in [-0.2, -0.15) is 13.2 Å². The molecule has 1 N–H and O–H groups in total. The smallest absolute Gasteiger partial charge is 0.392 e. The summed E-state index contributed by atoms with van der Waals surface area (Å²) in [6, 6.07) is 0.0278. The topological polar surface area (TPSA) is 23.5 Å². The molecule has 0 spiro atoms. The summed E-state index contributed by atoms with van der Waals surface area (Å²) < 4.78 is 36.7. The van der Waals surface area contributed by atoms with Crippen LogP contribution in [0.1, 0.15) is 26.7 Å². The zero-order chi connectivity index (χ0) is 11.6. The minimum Gasteiger partial charge on any atom is -0.392 e. The van der Waals surface area contributed by atoms with Crippen molar-refractivity contribution in [2.75, 3.05) is 13.1 Å². The summed E-state index contributed by atoms with van der Waals surface area (Å²) in [5, 5.41) is 9.56. The van der Waals surface area contributed by atoms with E-state index in [-0.39, 0.29) is 18.5 Å². The quantitative estimate of drug-likeness (QED) is 0.774. The maximum atomic E-state index is 12.2. The Morgan fingerprint density at radius 3 is 2.20 bits per heavy atom. The molecule has 15 heavy (non-hydrogen) atoms. The second-order valence-electron chi connectivity index (χ2n) is 4.59. The molecule has 1 aliphatic carbocycles. The molecule has 1 aliphatic rings. The van der Waals surface area contributed by atoms with Gasteiger partial charge in [0.25, 0.3) is 0 Å². The van der Waals surface area contributed by atoms with E-state index in [0.717, 1.165) is 12.8 Å². The van der Waals surface area contributed by atoms with E-state index in [1.54, 1.807) is 0 Å². The molecular formula is C10H18F3NO. The highest BCUT2D eigenvalue weighted by Gasteiger charge is 2.38. The Hall–Kier alpha value is -0.290. The summed E-state index contributed by atoms with van der Waals surface area (Å²) >= 11 is 0. The van der Waals surface area contributed by atoms with Crippen LogP contribution in [-0.2, 0) is 0 Å². The van der Waals surface area contributed by atoms with E-state index in [1.807, 2.05) is 13.8 Å². The maximum absolute atomic E-state index is 12.2. The lowest BCUT2D eigenvalue weighted by atomic mass is 10.1.